The minimum absolute atomic E-state index is 0. The predicted octanol–water partition coefficient (Wildman–Crippen LogP) is -11.0. The Labute approximate surface area is 172 Å². The molecular weight excluding hydrogens is 305 g/mol. The smallest absolute Gasteiger partial charge is 2.00 e. The van der Waals surface area contributed by atoms with Crippen LogP contribution in [0.2, 0.25) is 0 Å². The third kappa shape index (κ3) is 244. The molecule has 0 aliphatic carbocycles. The summed E-state index contributed by atoms with van der Waals surface area (Å²) in [5.41, 5.74) is 0. The minimum Gasteiger partial charge on any atom is -2.00 e. The van der Waals surface area contributed by atoms with Crippen molar-refractivity contribution in [2.45, 2.75) is 0 Å². The van der Waals surface area contributed by atoms with Gasteiger partial charge in [-0.05, 0) is 12.3 Å². The molecule has 10 heteroatoms. The Morgan fingerprint density at radius 3 is 0.750 bits per heavy atom. The molecule has 12 heavy (non-hydrogen) atoms. The molecule has 0 aliphatic rings. The van der Waals surface area contributed by atoms with Crippen LogP contribution in [0.1, 0.15) is 0 Å². The predicted molar refractivity (Wildman–Crippen MR) is 11.5 cm³/mol. The third-order valence-corrected chi connectivity index (χ3v) is 0. The van der Waals surface area contributed by atoms with Gasteiger partial charge < -0.3 is 35.5 Å². The summed E-state index contributed by atoms with van der Waals surface area (Å²) in [6.07, 6.45) is -4.67. The molecule has 0 atom stereocenters. The summed E-state index contributed by atoms with van der Waals surface area (Å²) in [4.78, 5) is 16.7. The first-order valence-electron chi connectivity index (χ1n) is 1.22. The van der Waals surface area contributed by atoms with Crippen LogP contribution >= 0.6 is 0 Å². The fourth-order valence-electron chi connectivity index (χ4n) is 0. The maximum absolute atomic E-state index is 8.33. The van der Waals surface area contributed by atoms with Gasteiger partial charge >= 0.3 is 129 Å². The van der Waals surface area contributed by atoms with Gasteiger partial charge in [0.15, 0.2) is 0 Å². The van der Waals surface area contributed by atoms with E-state index in [4.69, 9.17) is 30.0 Å². The minimum atomic E-state index is -2.33. The molecule has 7 nitrogen and oxygen atoms in total. The van der Waals surface area contributed by atoms with Crippen LogP contribution in [0.4, 0.5) is 9.59 Å². The van der Waals surface area contributed by atoms with E-state index in [9.17, 15) is 0 Å². The molecule has 0 saturated carbocycles. The van der Waals surface area contributed by atoms with E-state index in [1.807, 2.05) is 0 Å². The molecule has 0 rings (SSSR count). The SMILES string of the molecule is O=C([O-])[O-].O=C([O-])[O-].[K+].[K+].[O-2].[Zr+4]. The van der Waals surface area contributed by atoms with Crippen molar-refractivity contribution in [3.63, 3.8) is 0 Å². The Hall–Kier alpha value is 2.66. The van der Waals surface area contributed by atoms with Crippen molar-refractivity contribution in [1.82, 2.24) is 0 Å². The average Bonchev–Trinajstić information content (AvgIpc) is 1.25. The average molecular weight is 305 g/mol. The maximum atomic E-state index is 8.33. The summed E-state index contributed by atoms with van der Waals surface area (Å²) in [7, 11) is 0. The fourth-order valence-corrected chi connectivity index (χ4v) is 0. The van der Waals surface area contributed by atoms with Gasteiger partial charge in [0, 0.05) is 0 Å². The van der Waals surface area contributed by atoms with Gasteiger partial charge in [-0.1, -0.05) is 0 Å². The number of carboxylic acid groups (broad SMARTS) is 4. The van der Waals surface area contributed by atoms with E-state index in [0.717, 1.165) is 0 Å². The van der Waals surface area contributed by atoms with Crippen LogP contribution in [0, 0.1) is 0 Å². The Morgan fingerprint density at radius 2 is 0.750 bits per heavy atom. The summed E-state index contributed by atoms with van der Waals surface area (Å²) in [5, 5.41) is 33.3. The molecule has 0 unspecified atom stereocenters. The van der Waals surface area contributed by atoms with Gasteiger partial charge in [-0.15, -0.1) is 0 Å². The van der Waals surface area contributed by atoms with Gasteiger partial charge in [0.2, 0.25) is 0 Å². The van der Waals surface area contributed by atoms with Gasteiger partial charge in [-0.2, -0.15) is 0 Å². The van der Waals surface area contributed by atoms with Gasteiger partial charge in [-0.3, -0.25) is 0 Å². The second kappa shape index (κ2) is 29.2. The summed E-state index contributed by atoms with van der Waals surface area (Å²) in [6, 6.07) is 0. The quantitative estimate of drug-likeness (QED) is 0.405. The van der Waals surface area contributed by atoms with Gasteiger partial charge in [0.05, 0.1) is 0 Å². The Kier molecular flexibility index (Phi) is 88.7. The fraction of sp³-hybridized carbons (Fsp3) is 0. The van der Waals surface area contributed by atoms with Crippen molar-refractivity contribution >= 4 is 12.3 Å². The van der Waals surface area contributed by atoms with E-state index in [1.54, 1.807) is 0 Å². The van der Waals surface area contributed by atoms with E-state index < -0.39 is 12.3 Å². The van der Waals surface area contributed by atoms with Crippen molar-refractivity contribution in [3.8, 4) is 0 Å². The topological polar surface area (TPSA) is 155 Å². The number of carbonyl (C=O) groups is 2. The van der Waals surface area contributed by atoms with Gasteiger partial charge in [0.1, 0.15) is 0 Å². The molecule has 0 radical (unpaired) electrons. The first-order chi connectivity index (χ1) is 3.46. The standard InChI is InChI=1S/2CH2O3.2K.O.Zr/c2*2-1(3)4;;;;/h2*(H2,2,3,4);;;;/q;;2*+1;-2;+4/p-4. The van der Waals surface area contributed by atoms with Crippen molar-refractivity contribution < 1.29 is 164 Å². The monoisotopic (exact) mass is 304 g/mol. The van der Waals surface area contributed by atoms with E-state index >= 15 is 0 Å². The van der Waals surface area contributed by atoms with E-state index in [2.05, 4.69) is 0 Å². The molecule has 0 amide bonds. The zero-order chi connectivity index (χ0) is 7.15. The summed E-state index contributed by atoms with van der Waals surface area (Å²) in [5.74, 6) is 0. The number of carbonyl (C=O) groups excluding carboxylic acids is 2. The molecule has 0 N–H and O–H groups in total. The van der Waals surface area contributed by atoms with Crippen molar-refractivity contribution in [2.75, 3.05) is 0 Å². The normalized spacial score (nSPS) is 4.00. The van der Waals surface area contributed by atoms with Crippen molar-refractivity contribution in [2.24, 2.45) is 0 Å². The van der Waals surface area contributed by atoms with Crippen LogP contribution in [0.15, 0.2) is 0 Å². The van der Waals surface area contributed by atoms with Gasteiger partial charge in [0.25, 0.3) is 0 Å². The first-order valence-corrected chi connectivity index (χ1v) is 1.22. The molecule has 0 spiro atoms. The molecule has 56 valence electrons. The summed E-state index contributed by atoms with van der Waals surface area (Å²) < 4.78 is 0. The van der Waals surface area contributed by atoms with Gasteiger partial charge in [-0.25, -0.2) is 0 Å². The summed E-state index contributed by atoms with van der Waals surface area (Å²) >= 11 is 0. The number of hydrogen-bond donors (Lipinski definition) is 0. The molecule has 0 bridgehead atoms. The van der Waals surface area contributed by atoms with E-state index in [1.165, 1.54) is 0 Å². The zero-order valence-electron chi connectivity index (χ0n) is 6.36. The largest absolute Gasteiger partial charge is 4.00 e. The van der Waals surface area contributed by atoms with E-state index in [-0.39, 0.29) is 134 Å². The number of hydrogen-bond acceptors (Lipinski definition) is 6. The van der Waals surface area contributed by atoms with Crippen LogP contribution in [0.3, 0.4) is 0 Å². The first kappa shape index (κ1) is 36.5. The number of rotatable bonds is 0. The molecule has 0 fully saturated rings. The Morgan fingerprint density at radius 1 is 0.750 bits per heavy atom. The zero-order valence-corrected chi connectivity index (χ0v) is 15.1. The molecule has 0 aromatic rings. The molecule has 0 aromatic carbocycles. The maximum Gasteiger partial charge on any atom is 4.00 e. The van der Waals surface area contributed by atoms with Crippen molar-refractivity contribution in [3.05, 3.63) is 0 Å². The molecule has 0 saturated heterocycles. The molecular formula is C2K2O7Zr. The summed E-state index contributed by atoms with van der Waals surface area (Å²) in [6.45, 7) is 0. The van der Waals surface area contributed by atoms with E-state index in [0.29, 0.717) is 0 Å². The van der Waals surface area contributed by atoms with Crippen LogP contribution in [-0.2, 0) is 31.7 Å². The van der Waals surface area contributed by atoms with Crippen LogP contribution in [0.5, 0.6) is 0 Å². The van der Waals surface area contributed by atoms with Crippen molar-refractivity contribution in [1.29, 1.82) is 0 Å². The van der Waals surface area contributed by atoms with Crippen LogP contribution in [0.25, 0.3) is 0 Å². The second-order valence-corrected chi connectivity index (χ2v) is 0.500. The van der Waals surface area contributed by atoms with Crippen LogP contribution < -0.4 is 123 Å². The molecule has 0 aliphatic heterocycles. The molecule has 0 heterocycles. The molecule has 0 aromatic heterocycles. The Balaban J connectivity index is -0.0000000112. The third-order valence-electron chi connectivity index (χ3n) is 0. The van der Waals surface area contributed by atoms with Crippen LogP contribution in [-0.4, -0.2) is 12.3 Å². The Bertz CT molecular complexity index is 77.4. The second-order valence-electron chi connectivity index (χ2n) is 0.500.